The average molecular weight is 443 g/mol. The molecule has 1 saturated heterocycles. The highest BCUT2D eigenvalue weighted by molar-refractivity contribution is 5.89. The van der Waals surface area contributed by atoms with Gasteiger partial charge in [-0.05, 0) is 43.7 Å². The van der Waals surface area contributed by atoms with E-state index in [1.165, 1.54) is 16.7 Å². The first kappa shape index (κ1) is 23.0. The second kappa shape index (κ2) is 11.6. The Kier molecular flexibility index (Phi) is 8.09. The largest absolute Gasteiger partial charge is 0.311 e. The Morgan fingerprint density at radius 1 is 1.03 bits per heavy atom. The van der Waals surface area contributed by atoms with Crippen LogP contribution in [0.3, 0.4) is 0 Å². The summed E-state index contributed by atoms with van der Waals surface area (Å²) in [4.78, 5) is 15.0. The SMILES string of the molecule is C/C(=C\c1ccccc1)CN1CCC(n2nccc2NC(=O)CCCc2ccccc2)CC1. The van der Waals surface area contributed by atoms with Crippen molar-refractivity contribution in [2.45, 2.75) is 45.1 Å². The maximum Gasteiger partial charge on any atom is 0.225 e. The number of nitrogens with zero attached hydrogens (tertiary/aromatic N) is 3. The van der Waals surface area contributed by atoms with Crippen molar-refractivity contribution in [3.63, 3.8) is 0 Å². The minimum Gasteiger partial charge on any atom is -0.311 e. The molecule has 0 aliphatic carbocycles. The predicted octanol–water partition coefficient (Wildman–Crippen LogP) is 5.58. The van der Waals surface area contributed by atoms with Gasteiger partial charge in [0, 0.05) is 32.1 Å². The molecule has 33 heavy (non-hydrogen) atoms. The van der Waals surface area contributed by atoms with Crippen LogP contribution in [0.2, 0.25) is 0 Å². The summed E-state index contributed by atoms with van der Waals surface area (Å²) in [5, 5.41) is 7.62. The Labute approximate surface area is 197 Å². The molecule has 0 atom stereocenters. The van der Waals surface area contributed by atoms with Gasteiger partial charge in [-0.15, -0.1) is 0 Å². The molecule has 0 bridgehead atoms. The molecule has 1 fully saturated rings. The first-order chi connectivity index (χ1) is 16.2. The standard InChI is InChI=1S/C28H34N4O/c1-23(21-25-11-6-3-7-12-25)22-31-19-16-26(17-20-31)32-27(15-18-29-32)30-28(33)14-8-13-24-9-4-2-5-10-24/h2-7,9-12,15,18,21,26H,8,13-14,16-17,19-20,22H2,1H3,(H,30,33)/b23-21+. The number of piperidine rings is 1. The number of aryl methyl sites for hydroxylation is 1. The molecule has 2 aromatic carbocycles. The van der Waals surface area contributed by atoms with Crippen LogP contribution < -0.4 is 5.32 Å². The summed E-state index contributed by atoms with van der Waals surface area (Å²) in [5.74, 6) is 0.880. The molecule has 1 aromatic heterocycles. The summed E-state index contributed by atoms with van der Waals surface area (Å²) < 4.78 is 2.01. The summed E-state index contributed by atoms with van der Waals surface area (Å²) >= 11 is 0. The Balaban J connectivity index is 1.23. The highest BCUT2D eigenvalue weighted by atomic mass is 16.1. The molecule has 1 amide bonds. The third kappa shape index (κ3) is 6.90. The van der Waals surface area contributed by atoms with Crippen LogP contribution in [0.5, 0.6) is 0 Å². The average Bonchev–Trinajstić information content (AvgIpc) is 3.29. The van der Waals surface area contributed by atoms with Gasteiger partial charge in [0.05, 0.1) is 12.2 Å². The van der Waals surface area contributed by atoms with Crippen LogP contribution in [0.4, 0.5) is 5.82 Å². The van der Waals surface area contributed by atoms with E-state index in [1.54, 1.807) is 6.20 Å². The van der Waals surface area contributed by atoms with Crippen molar-refractivity contribution in [1.82, 2.24) is 14.7 Å². The molecule has 0 radical (unpaired) electrons. The first-order valence-corrected chi connectivity index (χ1v) is 12.0. The van der Waals surface area contributed by atoms with Gasteiger partial charge in [-0.1, -0.05) is 72.3 Å². The maximum atomic E-state index is 12.5. The quantitative estimate of drug-likeness (QED) is 0.470. The molecule has 1 aliphatic heterocycles. The predicted molar refractivity (Wildman–Crippen MR) is 135 cm³/mol. The second-order valence-corrected chi connectivity index (χ2v) is 8.96. The Morgan fingerprint density at radius 3 is 2.45 bits per heavy atom. The van der Waals surface area contributed by atoms with Crippen molar-refractivity contribution >= 4 is 17.8 Å². The van der Waals surface area contributed by atoms with Gasteiger partial charge in [0.2, 0.25) is 5.91 Å². The normalized spacial score (nSPS) is 15.5. The molecule has 5 heteroatoms. The highest BCUT2D eigenvalue weighted by Crippen LogP contribution is 2.26. The summed E-state index contributed by atoms with van der Waals surface area (Å²) in [6.45, 7) is 5.27. The summed E-state index contributed by atoms with van der Waals surface area (Å²) in [7, 11) is 0. The molecule has 4 rings (SSSR count). The highest BCUT2D eigenvalue weighted by Gasteiger charge is 2.23. The number of benzene rings is 2. The van der Waals surface area contributed by atoms with Gasteiger partial charge in [-0.25, -0.2) is 4.68 Å². The van der Waals surface area contributed by atoms with E-state index in [2.05, 4.69) is 64.7 Å². The lowest BCUT2D eigenvalue weighted by Crippen LogP contribution is -2.36. The van der Waals surface area contributed by atoms with Crippen molar-refractivity contribution in [3.05, 3.63) is 89.6 Å². The van der Waals surface area contributed by atoms with E-state index in [1.807, 2.05) is 35.0 Å². The van der Waals surface area contributed by atoms with Gasteiger partial charge in [-0.3, -0.25) is 9.69 Å². The van der Waals surface area contributed by atoms with Crippen molar-refractivity contribution in [2.24, 2.45) is 0 Å². The van der Waals surface area contributed by atoms with Crippen molar-refractivity contribution in [3.8, 4) is 0 Å². The number of hydrogen-bond acceptors (Lipinski definition) is 3. The van der Waals surface area contributed by atoms with Crippen LogP contribution in [0.1, 0.15) is 49.8 Å². The number of carbonyl (C=O) groups excluding carboxylic acids is 1. The Hall–Kier alpha value is -3.18. The molecule has 0 spiro atoms. The van der Waals surface area contributed by atoms with Crippen molar-refractivity contribution in [1.29, 1.82) is 0 Å². The van der Waals surface area contributed by atoms with Gasteiger partial charge < -0.3 is 5.32 Å². The molecule has 172 valence electrons. The zero-order valence-corrected chi connectivity index (χ0v) is 19.5. The van der Waals surface area contributed by atoms with Gasteiger partial charge in [-0.2, -0.15) is 5.10 Å². The van der Waals surface area contributed by atoms with E-state index in [4.69, 9.17) is 0 Å². The lowest BCUT2D eigenvalue weighted by Gasteiger charge is -2.33. The number of carbonyl (C=O) groups is 1. The molecule has 2 heterocycles. The van der Waals surface area contributed by atoms with Crippen LogP contribution in [-0.2, 0) is 11.2 Å². The van der Waals surface area contributed by atoms with E-state index >= 15 is 0 Å². The summed E-state index contributed by atoms with van der Waals surface area (Å²) in [6.07, 6.45) is 8.42. The zero-order valence-electron chi connectivity index (χ0n) is 19.5. The minimum absolute atomic E-state index is 0.0618. The monoisotopic (exact) mass is 442 g/mol. The van der Waals surface area contributed by atoms with Crippen LogP contribution >= 0.6 is 0 Å². The van der Waals surface area contributed by atoms with Crippen LogP contribution in [0.15, 0.2) is 78.5 Å². The molecule has 3 aromatic rings. The number of nitrogens with one attached hydrogen (secondary N) is 1. The molecule has 0 unspecified atom stereocenters. The fourth-order valence-corrected chi connectivity index (χ4v) is 4.56. The topological polar surface area (TPSA) is 50.2 Å². The lowest BCUT2D eigenvalue weighted by atomic mass is 10.0. The Bertz CT molecular complexity index is 1030. The van der Waals surface area contributed by atoms with E-state index in [9.17, 15) is 4.79 Å². The molecular formula is C28H34N4O. The second-order valence-electron chi connectivity index (χ2n) is 8.96. The Morgan fingerprint density at radius 2 is 1.73 bits per heavy atom. The van der Waals surface area contributed by atoms with E-state index in [0.29, 0.717) is 12.5 Å². The lowest BCUT2D eigenvalue weighted by molar-refractivity contribution is -0.116. The van der Waals surface area contributed by atoms with Gasteiger partial charge >= 0.3 is 0 Å². The molecule has 5 nitrogen and oxygen atoms in total. The maximum absolute atomic E-state index is 12.5. The minimum atomic E-state index is 0.0618. The summed E-state index contributed by atoms with van der Waals surface area (Å²) in [5.41, 5.74) is 3.91. The van der Waals surface area contributed by atoms with Crippen molar-refractivity contribution in [2.75, 3.05) is 25.0 Å². The van der Waals surface area contributed by atoms with E-state index in [0.717, 1.165) is 51.1 Å². The number of aromatic nitrogens is 2. The number of anilines is 1. The molecule has 1 aliphatic rings. The van der Waals surface area contributed by atoms with E-state index < -0.39 is 0 Å². The smallest absolute Gasteiger partial charge is 0.225 e. The first-order valence-electron chi connectivity index (χ1n) is 12.0. The fourth-order valence-electron chi connectivity index (χ4n) is 4.56. The van der Waals surface area contributed by atoms with E-state index in [-0.39, 0.29) is 5.91 Å². The fraction of sp³-hybridized carbons (Fsp3) is 0.357. The third-order valence-corrected chi connectivity index (χ3v) is 6.24. The number of amides is 1. The van der Waals surface area contributed by atoms with Crippen LogP contribution in [-0.4, -0.2) is 40.2 Å². The van der Waals surface area contributed by atoms with Crippen LogP contribution in [0.25, 0.3) is 6.08 Å². The van der Waals surface area contributed by atoms with Gasteiger partial charge in [0.15, 0.2) is 0 Å². The van der Waals surface area contributed by atoms with Crippen molar-refractivity contribution < 1.29 is 4.79 Å². The number of rotatable bonds is 9. The number of hydrogen-bond donors (Lipinski definition) is 1. The molecule has 1 N–H and O–H groups in total. The third-order valence-electron chi connectivity index (χ3n) is 6.24. The van der Waals surface area contributed by atoms with Crippen LogP contribution in [0, 0.1) is 0 Å². The van der Waals surface area contributed by atoms with Gasteiger partial charge in [0.25, 0.3) is 0 Å². The zero-order chi connectivity index (χ0) is 22.9. The summed E-state index contributed by atoms with van der Waals surface area (Å²) in [6, 6.07) is 23.1. The van der Waals surface area contributed by atoms with Gasteiger partial charge in [0.1, 0.15) is 5.82 Å². The molecular weight excluding hydrogens is 408 g/mol. The molecule has 0 saturated carbocycles. The number of likely N-dealkylation sites (tertiary alicyclic amines) is 1.